The third kappa shape index (κ3) is 6.21. The number of fused-ring (bicyclic) bond motifs is 2. The second-order valence-corrected chi connectivity index (χ2v) is 11.4. The van der Waals surface area contributed by atoms with Crippen LogP contribution in [0.5, 0.6) is 5.75 Å². The van der Waals surface area contributed by atoms with Crippen molar-refractivity contribution in [2.75, 3.05) is 31.9 Å². The van der Waals surface area contributed by atoms with Gasteiger partial charge in [-0.1, -0.05) is 32.0 Å². The van der Waals surface area contributed by atoms with Crippen molar-refractivity contribution in [1.82, 2.24) is 24.3 Å². The average Bonchev–Trinajstić information content (AvgIpc) is 3.72. The third-order valence-corrected chi connectivity index (χ3v) is 8.56. The SMILES string of the molecule is CCc1cccc(CC)c1-n1nc2c(c1-c1cc(F)c(OC)c3c1ccn3C(=O)OCOC(=O)CN)CN(c1ncc(C(F)(F)F)cn1)CC2. The van der Waals surface area contributed by atoms with Crippen LogP contribution in [0.15, 0.2) is 48.9 Å². The van der Waals surface area contributed by atoms with E-state index in [0.717, 1.165) is 33.8 Å². The molecular formula is C34H33F4N7O5. The summed E-state index contributed by atoms with van der Waals surface area (Å²) >= 11 is 0. The van der Waals surface area contributed by atoms with Gasteiger partial charge in [0.2, 0.25) is 12.7 Å². The Balaban J connectivity index is 1.55. The third-order valence-electron chi connectivity index (χ3n) is 8.56. The van der Waals surface area contributed by atoms with Crippen LogP contribution in [0.1, 0.15) is 41.8 Å². The summed E-state index contributed by atoms with van der Waals surface area (Å²) in [6.07, 6.45) is -0.951. The van der Waals surface area contributed by atoms with Gasteiger partial charge >= 0.3 is 18.2 Å². The van der Waals surface area contributed by atoms with E-state index in [1.165, 1.54) is 19.4 Å². The number of nitrogens with zero attached hydrogens (tertiary/aromatic N) is 6. The highest BCUT2D eigenvalue weighted by Gasteiger charge is 2.34. The van der Waals surface area contributed by atoms with Gasteiger partial charge in [0.25, 0.3) is 0 Å². The van der Waals surface area contributed by atoms with Crippen LogP contribution in [0.2, 0.25) is 0 Å². The summed E-state index contributed by atoms with van der Waals surface area (Å²) in [5.41, 5.74) is 9.42. The van der Waals surface area contributed by atoms with Crippen molar-refractivity contribution < 1.29 is 41.4 Å². The zero-order valence-electron chi connectivity index (χ0n) is 27.4. The second-order valence-electron chi connectivity index (χ2n) is 11.4. The molecule has 0 bridgehead atoms. The molecule has 2 aromatic carbocycles. The van der Waals surface area contributed by atoms with E-state index >= 15 is 4.39 Å². The lowest BCUT2D eigenvalue weighted by Crippen LogP contribution is -2.31. The molecule has 12 nitrogen and oxygen atoms in total. The van der Waals surface area contributed by atoms with Gasteiger partial charge in [0.15, 0.2) is 11.6 Å². The molecule has 0 amide bonds. The van der Waals surface area contributed by atoms with Gasteiger partial charge in [0.1, 0.15) is 5.52 Å². The molecule has 0 atom stereocenters. The Morgan fingerprint density at radius 1 is 1.04 bits per heavy atom. The van der Waals surface area contributed by atoms with Crippen LogP contribution >= 0.6 is 0 Å². The first kappa shape index (κ1) is 34.4. The normalized spacial score (nSPS) is 13.0. The van der Waals surface area contributed by atoms with Gasteiger partial charge in [-0.25, -0.2) is 28.4 Å². The van der Waals surface area contributed by atoms with Crippen molar-refractivity contribution in [2.45, 2.75) is 45.8 Å². The van der Waals surface area contributed by atoms with E-state index in [1.807, 2.05) is 32.0 Å². The lowest BCUT2D eigenvalue weighted by atomic mass is 9.97. The van der Waals surface area contributed by atoms with Crippen LogP contribution in [0.4, 0.5) is 28.3 Å². The molecule has 0 radical (unpaired) electrons. The van der Waals surface area contributed by atoms with Crippen LogP contribution in [-0.4, -0.2) is 63.4 Å². The number of carbonyl (C=O) groups excluding carboxylic acids is 2. The first-order valence-corrected chi connectivity index (χ1v) is 15.8. The van der Waals surface area contributed by atoms with Crippen LogP contribution in [-0.2, 0) is 46.3 Å². The molecule has 0 unspecified atom stereocenters. The average molecular weight is 696 g/mol. The smallest absolute Gasteiger partial charge is 0.421 e. The van der Waals surface area contributed by atoms with Crippen LogP contribution in [0.3, 0.4) is 0 Å². The molecule has 0 saturated carbocycles. The van der Waals surface area contributed by atoms with Gasteiger partial charge < -0.3 is 24.8 Å². The van der Waals surface area contributed by atoms with Crippen molar-refractivity contribution in [2.24, 2.45) is 5.73 Å². The number of aromatic nitrogens is 5. The number of para-hydroxylation sites is 1. The first-order valence-electron chi connectivity index (χ1n) is 15.8. The second kappa shape index (κ2) is 13.8. The van der Waals surface area contributed by atoms with Crippen molar-refractivity contribution >= 4 is 28.9 Å². The molecule has 262 valence electrons. The van der Waals surface area contributed by atoms with Crippen molar-refractivity contribution in [3.8, 4) is 22.7 Å². The predicted octanol–water partition coefficient (Wildman–Crippen LogP) is 5.58. The van der Waals surface area contributed by atoms with E-state index in [2.05, 4.69) is 9.97 Å². The van der Waals surface area contributed by atoms with E-state index in [1.54, 1.807) is 15.6 Å². The number of hydrogen-bond acceptors (Lipinski definition) is 10. The fraction of sp³-hybridized carbons (Fsp3) is 0.324. The minimum Gasteiger partial charge on any atom is -0.492 e. The number of halogens is 4. The van der Waals surface area contributed by atoms with Crippen LogP contribution in [0, 0.1) is 5.82 Å². The Hall–Kier alpha value is -5.51. The zero-order valence-corrected chi connectivity index (χ0v) is 27.4. The highest BCUT2D eigenvalue weighted by molar-refractivity contribution is 6.03. The Morgan fingerprint density at radius 3 is 2.36 bits per heavy atom. The Kier molecular flexibility index (Phi) is 9.47. The van der Waals surface area contributed by atoms with E-state index < -0.39 is 43.0 Å². The van der Waals surface area contributed by atoms with E-state index in [0.29, 0.717) is 53.7 Å². The predicted molar refractivity (Wildman–Crippen MR) is 173 cm³/mol. The number of esters is 1. The number of hydrogen-bond donors (Lipinski definition) is 1. The monoisotopic (exact) mass is 695 g/mol. The number of rotatable bonds is 9. The van der Waals surface area contributed by atoms with Crippen molar-refractivity contribution in [1.29, 1.82) is 0 Å². The molecule has 4 heterocycles. The molecule has 1 aliphatic rings. The quantitative estimate of drug-likeness (QED) is 0.118. The minimum atomic E-state index is -4.59. The zero-order chi connectivity index (χ0) is 35.7. The van der Waals surface area contributed by atoms with Gasteiger partial charge in [0, 0.05) is 54.6 Å². The topological polar surface area (TPSA) is 140 Å². The molecule has 0 saturated heterocycles. The van der Waals surface area contributed by atoms with Crippen LogP contribution < -0.4 is 15.4 Å². The Bertz CT molecular complexity index is 2050. The molecule has 0 spiro atoms. The standard InChI is InChI=1S/C34H33F4N7O5/c1-4-19-7-6-8-20(5-2)28(19)45-29(24-17-43(11-10-26(24)42-45)32-40-15-21(16-41-32)34(36,37)38)23-13-25(35)31(48-3)30-22(23)9-12-44(30)33(47)50-18-49-27(46)14-39/h6-9,12-13,15-16H,4-5,10-11,14,17-18,39H2,1-3H3. The molecule has 1 aliphatic heterocycles. The summed E-state index contributed by atoms with van der Waals surface area (Å²) in [6, 6.07) is 8.87. The number of methoxy groups -OCH3 is 1. The molecule has 3 aromatic heterocycles. The maximum atomic E-state index is 16.1. The summed E-state index contributed by atoms with van der Waals surface area (Å²) < 4.78 is 74.0. The highest BCUT2D eigenvalue weighted by atomic mass is 19.4. The summed E-state index contributed by atoms with van der Waals surface area (Å²) in [4.78, 5) is 34.4. The molecular weight excluding hydrogens is 662 g/mol. The van der Waals surface area contributed by atoms with E-state index in [4.69, 9.17) is 25.0 Å². The van der Waals surface area contributed by atoms with Gasteiger partial charge in [-0.2, -0.15) is 18.3 Å². The lowest BCUT2D eigenvalue weighted by Gasteiger charge is -2.27. The summed E-state index contributed by atoms with van der Waals surface area (Å²) in [6.45, 7) is 3.44. The lowest BCUT2D eigenvalue weighted by molar-refractivity contribution is -0.150. The number of benzene rings is 2. The van der Waals surface area contributed by atoms with Gasteiger partial charge in [-0.05, 0) is 36.1 Å². The molecule has 6 rings (SSSR count). The summed E-state index contributed by atoms with van der Waals surface area (Å²) in [5.74, 6) is -1.70. The largest absolute Gasteiger partial charge is 0.492 e. The maximum absolute atomic E-state index is 16.1. The molecule has 0 fully saturated rings. The number of ether oxygens (including phenoxy) is 3. The number of alkyl halides is 3. The molecule has 16 heteroatoms. The van der Waals surface area contributed by atoms with Gasteiger partial charge in [-0.3, -0.25) is 4.79 Å². The number of aryl methyl sites for hydroxylation is 2. The fourth-order valence-electron chi connectivity index (χ4n) is 6.18. The Morgan fingerprint density at radius 2 is 1.74 bits per heavy atom. The van der Waals surface area contributed by atoms with Gasteiger partial charge in [0.05, 0.1) is 36.3 Å². The number of carbonyl (C=O) groups is 2. The Labute approximate surface area is 283 Å². The first-order chi connectivity index (χ1) is 24.0. The van der Waals surface area contributed by atoms with Crippen molar-refractivity contribution in [3.63, 3.8) is 0 Å². The number of anilines is 1. The number of nitrogens with two attached hydrogens (primary N) is 1. The molecule has 5 aromatic rings. The molecule has 0 aliphatic carbocycles. The van der Waals surface area contributed by atoms with Crippen molar-refractivity contribution in [3.05, 3.63) is 82.7 Å². The van der Waals surface area contributed by atoms with E-state index in [-0.39, 0.29) is 23.8 Å². The highest BCUT2D eigenvalue weighted by Crippen LogP contribution is 2.43. The molecule has 2 N–H and O–H groups in total. The maximum Gasteiger partial charge on any atom is 0.421 e. The fourth-order valence-corrected chi connectivity index (χ4v) is 6.18. The summed E-state index contributed by atoms with van der Waals surface area (Å²) in [7, 11) is 1.27. The van der Waals surface area contributed by atoms with Crippen LogP contribution in [0.25, 0.3) is 27.8 Å². The summed E-state index contributed by atoms with van der Waals surface area (Å²) in [5, 5.41) is 5.48. The van der Waals surface area contributed by atoms with Gasteiger partial charge in [-0.15, -0.1) is 0 Å². The van der Waals surface area contributed by atoms with E-state index in [9.17, 15) is 22.8 Å². The molecule has 50 heavy (non-hydrogen) atoms. The minimum absolute atomic E-state index is 0.0531.